The number of rotatable bonds is 4. The lowest BCUT2D eigenvalue weighted by molar-refractivity contribution is 0.150. The molecule has 0 unspecified atom stereocenters. The summed E-state index contributed by atoms with van der Waals surface area (Å²) in [5, 5.41) is 0. The van der Waals surface area contributed by atoms with Gasteiger partial charge in [0.15, 0.2) is 0 Å². The molecular formula is C19H20N2O5S. The fourth-order valence-electron chi connectivity index (χ4n) is 3.28. The highest BCUT2D eigenvalue weighted by Crippen LogP contribution is 2.30. The molecule has 1 amide bonds. The fraction of sp³-hybridized carbons (Fsp3) is 0.316. The number of fused-ring (bicyclic) bond motifs is 1. The van der Waals surface area contributed by atoms with Crippen LogP contribution in [-0.2, 0) is 16.6 Å². The summed E-state index contributed by atoms with van der Waals surface area (Å²) in [7, 11) is -2.02. The Bertz CT molecular complexity index is 961. The Hall–Kier alpha value is -2.58. The van der Waals surface area contributed by atoms with Crippen molar-refractivity contribution in [2.45, 2.75) is 24.0 Å². The molecular weight excluding hydrogens is 368 g/mol. The lowest BCUT2D eigenvalue weighted by Gasteiger charge is -2.25. The summed E-state index contributed by atoms with van der Waals surface area (Å²) in [4.78, 5) is 13.2. The van der Waals surface area contributed by atoms with Crippen LogP contribution in [0.3, 0.4) is 0 Å². The third-order valence-electron chi connectivity index (χ3n) is 4.74. The third-order valence-corrected chi connectivity index (χ3v) is 6.60. The van der Waals surface area contributed by atoms with Gasteiger partial charge in [-0.25, -0.2) is 13.2 Å². The molecule has 2 aromatic rings. The molecule has 2 aliphatic rings. The number of nitrogens with zero attached hydrogens (tertiary/aromatic N) is 2. The van der Waals surface area contributed by atoms with Crippen LogP contribution in [0.1, 0.15) is 12.0 Å². The van der Waals surface area contributed by atoms with E-state index in [9.17, 15) is 13.2 Å². The molecule has 2 aliphatic heterocycles. The second-order valence-electron chi connectivity index (χ2n) is 6.70. The normalized spacial score (nSPS) is 20.3. The van der Waals surface area contributed by atoms with Gasteiger partial charge in [0, 0.05) is 19.2 Å². The summed E-state index contributed by atoms with van der Waals surface area (Å²) in [5.41, 5.74) is 0.675. The van der Waals surface area contributed by atoms with Gasteiger partial charge in [-0.15, -0.1) is 0 Å². The van der Waals surface area contributed by atoms with Crippen molar-refractivity contribution in [2.24, 2.45) is 0 Å². The summed E-state index contributed by atoms with van der Waals surface area (Å²) in [5.74, 6) is 1.14. The first-order valence-electron chi connectivity index (χ1n) is 8.71. The van der Waals surface area contributed by atoms with E-state index >= 15 is 0 Å². The van der Waals surface area contributed by atoms with Crippen molar-refractivity contribution in [1.29, 1.82) is 0 Å². The van der Waals surface area contributed by atoms with Crippen molar-refractivity contribution < 1.29 is 22.7 Å². The zero-order valence-electron chi connectivity index (χ0n) is 14.9. The number of hydrogen-bond donors (Lipinski definition) is 0. The van der Waals surface area contributed by atoms with Crippen molar-refractivity contribution in [3.8, 4) is 11.5 Å². The van der Waals surface area contributed by atoms with E-state index in [1.807, 2.05) is 30.3 Å². The average Bonchev–Trinajstić information content (AvgIpc) is 3.12. The molecule has 2 heterocycles. The molecule has 1 atom stereocenters. The number of para-hydroxylation sites is 1. The maximum atomic E-state index is 13.0. The average molecular weight is 388 g/mol. The largest absolute Gasteiger partial charge is 0.489 e. The summed E-state index contributed by atoms with van der Waals surface area (Å²) in [6.07, 6.45) is 0.0183. The monoisotopic (exact) mass is 388 g/mol. The van der Waals surface area contributed by atoms with E-state index in [-0.39, 0.29) is 11.0 Å². The van der Waals surface area contributed by atoms with Crippen molar-refractivity contribution in [2.75, 3.05) is 20.1 Å². The number of carbonyl (C=O) groups is 1. The number of ether oxygens (including phenoxy) is 2. The van der Waals surface area contributed by atoms with Gasteiger partial charge in [0.05, 0.1) is 18.0 Å². The van der Waals surface area contributed by atoms with Crippen LogP contribution in [0.4, 0.5) is 4.79 Å². The van der Waals surface area contributed by atoms with Crippen LogP contribution in [0, 0.1) is 0 Å². The molecule has 0 bridgehead atoms. The van der Waals surface area contributed by atoms with Crippen molar-refractivity contribution >= 4 is 16.1 Å². The SMILES string of the molecule is CN1Cc2cc(S(=O)(=O)N3CC[C@@H](Oc4ccccc4)C3)ccc2OC1=O. The molecule has 27 heavy (non-hydrogen) atoms. The van der Waals surface area contributed by atoms with Crippen molar-refractivity contribution in [3.63, 3.8) is 0 Å². The maximum absolute atomic E-state index is 13.0. The number of benzene rings is 2. The first-order chi connectivity index (χ1) is 12.9. The van der Waals surface area contributed by atoms with Gasteiger partial charge in [-0.05, 0) is 36.8 Å². The molecule has 1 fully saturated rings. The minimum absolute atomic E-state index is 0.174. The highest BCUT2D eigenvalue weighted by atomic mass is 32.2. The first-order valence-corrected chi connectivity index (χ1v) is 10.2. The summed E-state index contributed by atoms with van der Waals surface area (Å²) in [6, 6.07) is 14.0. The highest BCUT2D eigenvalue weighted by Gasteiger charge is 2.34. The van der Waals surface area contributed by atoms with Gasteiger partial charge < -0.3 is 14.4 Å². The topological polar surface area (TPSA) is 76.2 Å². The van der Waals surface area contributed by atoms with Gasteiger partial charge in [0.1, 0.15) is 17.6 Å². The quantitative estimate of drug-likeness (QED) is 0.804. The van der Waals surface area contributed by atoms with E-state index in [0.717, 1.165) is 5.75 Å². The molecule has 0 aromatic heterocycles. The van der Waals surface area contributed by atoms with Crippen LogP contribution >= 0.6 is 0 Å². The minimum Gasteiger partial charge on any atom is -0.489 e. The van der Waals surface area contributed by atoms with Crippen LogP contribution in [-0.4, -0.2) is 50.0 Å². The van der Waals surface area contributed by atoms with Crippen molar-refractivity contribution in [3.05, 3.63) is 54.1 Å². The van der Waals surface area contributed by atoms with Crippen LogP contribution in [0.5, 0.6) is 11.5 Å². The minimum atomic E-state index is -3.63. The molecule has 1 saturated heterocycles. The Balaban J connectivity index is 1.51. The molecule has 0 aliphatic carbocycles. The van der Waals surface area contributed by atoms with Gasteiger partial charge >= 0.3 is 6.09 Å². The van der Waals surface area contributed by atoms with Crippen LogP contribution < -0.4 is 9.47 Å². The van der Waals surface area contributed by atoms with Crippen molar-refractivity contribution in [1.82, 2.24) is 9.21 Å². The summed E-state index contributed by atoms with van der Waals surface area (Å²) >= 11 is 0. The van der Waals surface area contributed by atoms with Crippen LogP contribution in [0.15, 0.2) is 53.4 Å². The predicted molar refractivity (Wildman–Crippen MR) is 98.2 cm³/mol. The molecule has 8 heteroatoms. The Morgan fingerprint density at radius 1 is 1.15 bits per heavy atom. The number of amides is 1. The Morgan fingerprint density at radius 2 is 1.93 bits per heavy atom. The Morgan fingerprint density at radius 3 is 2.70 bits per heavy atom. The molecule has 2 aromatic carbocycles. The number of carbonyl (C=O) groups excluding carboxylic acids is 1. The molecule has 4 rings (SSSR count). The Labute approximate surface area is 158 Å². The second-order valence-corrected chi connectivity index (χ2v) is 8.64. The lowest BCUT2D eigenvalue weighted by Crippen LogP contribution is -2.34. The highest BCUT2D eigenvalue weighted by molar-refractivity contribution is 7.89. The fourth-order valence-corrected chi connectivity index (χ4v) is 4.82. The summed E-state index contributed by atoms with van der Waals surface area (Å²) in [6.45, 7) is 1.03. The molecule has 0 N–H and O–H groups in total. The van der Waals surface area contributed by atoms with Gasteiger partial charge in [0.2, 0.25) is 10.0 Å². The Kier molecular flexibility index (Phi) is 4.53. The summed E-state index contributed by atoms with van der Waals surface area (Å²) < 4.78 is 38.5. The smallest absolute Gasteiger partial charge is 0.415 e. The van der Waals surface area contributed by atoms with E-state index in [2.05, 4.69) is 0 Å². The zero-order valence-corrected chi connectivity index (χ0v) is 15.7. The van der Waals surface area contributed by atoms with Crippen LogP contribution in [0.2, 0.25) is 0 Å². The predicted octanol–water partition coefficient (Wildman–Crippen LogP) is 2.47. The molecule has 0 radical (unpaired) electrons. The van der Waals surface area contributed by atoms with Gasteiger partial charge in [-0.3, -0.25) is 0 Å². The zero-order chi connectivity index (χ0) is 19.0. The van der Waals surface area contributed by atoms with Gasteiger partial charge in [-0.1, -0.05) is 18.2 Å². The second kappa shape index (κ2) is 6.86. The van der Waals surface area contributed by atoms with E-state index < -0.39 is 16.1 Å². The van der Waals surface area contributed by atoms with E-state index in [1.165, 1.54) is 15.3 Å². The van der Waals surface area contributed by atoms with Crippen LogP contribution in [0.25, 0.3) is 0 Å². The molecule has 7 nitrogen and oxygen atoms in total. The first kappa shape index (κ1) is 17.8. The van der Waals surface area contributed by atoms with Gasteiger partial charge in [0.25, 0.3) is 0 Å². The maximum Gasteiger partial charge on any atom is 0.415 e. The molecule has 142 valence electrons. The standard InChI is InChI=1S/C19H20N2O5S/c1-20-12-14-11-17(7-8-18(14)26-19(20)22)27(23,24)21-10-9-16(13-21)25-15-5-3-2-4-6-15/h2-8,11,16H,9-10,12-13H2,1H3/t16-/m1/s1. The van der Waals surface area contributed by atoms with E-state index in [4.69, 9.17) is 9.47 Å². The van der Waals surface area contributed by atoms with E-state index in [1.54, 1.807) is 19.2 Å². The third kappa shape index (κ3) is 3.50. The van der Waals surface area contributed by atoms with E-state index in [0.29, 0.717) is 37.4 Å². The van der Waals surface area contributed by atoms with Gasteiger partial charge in [-0.2, -0.15) is 4.31 Å². The molecule has 0 spiro atoms. The number of hydrogen-bond acceptors (Lipinski definition) is 5. The number of sulfonamides is 1. The lowest BCUT2D eigenvalue weighted by atomic mass is 10.2. The molecule has 0 saturated carbocycles.